The van der Waals surface area contributed by atoms with Crippen molar-refractivity contribution in [3.05, 3.63) is 24.9 Å². The molecule has 0 aromatic heterocycles. The number of hydrogen-bond donors (Lipinski definition) is 2. The van der Waals surface area contributed by atoms with Crippen molar-refractivity contribution in [2.45, 2.75) is 38.0 Å². The molecule has 1 aliphatic carbocycles. The van der Waals surface area contributed by atoms with Crippen molar-refractivity contribution in [1.82, 2.24) is 10.6 Å². The van der Waals surface area contributed by atoms with E-state index in [1.165, 1.54) is 0 Å². The number of halogens is 1. The van der Waals surface area contributed by atoms with Crippen LogP contribution in [0.4, 0.5) is 4.39 Å². The Kier molecular flexibility index (Phi) is 5.56. The van der Waals surface area contributed by atoms with Gasteiger partial charge < -0.3 is 10.6 Å². The van der Waals surface area contributed by atoms with Gasteiger partial charge >= 0.3 is 0 Å². The van der Waals surface area contributed by atoms with Crippen LogP contribution in [0.15, 0.2) is 29.9 Å². The zero-order valence-electron chi connectivity index (χ0n) is 12.9. The second-order valence-electron chi connectivity index (χ2n) is 6.67. The number of aliphatic imine (C=N–C) groups is 1. The summed E-state index contributed by atoms with van der Waals surface area (Å²) in [5, 5.41) is 5.44. The zero-order valence-corrected chi connectivity index (χ0v) is 14.0. The van der Waals surface area contributed by atoms with Gasteiger partial charge in [-0.25, -0.2) is 9.38 Å². The monoisotopic (exact) mass is 311 g/mol. The zero-order chi connectivity index (χ0) is 15.3. The van der Waals surface area contributed by atoms with E-state index in [-0.39, 0.29) is 5.41 Å². The predicted octanol–water partition coefficient (Wildman–Crippen LogP) is 3.01. The average molecular weight is 311 g/mol. The molecule has 1 aliphatic heterocycles. The summed E-state index contributed by atoms with van der Waals surface area (Å²) in [6.07, 6.45) is 9.56. The van der Waals surface area contributed by atoms with Gasteiger partial charge in [0.05, 0.1) is 0 Å². The van der Waals surface area contributed by atoms with E-state index in [0.717, 1.165) is 50.7 Å². The van der Waals surface area contributed by atoms with Gasteiger partial charge in [-0.15, -0.1) is 0 Å². The number of nitrogens with one attached hydrogen (secondary N) is 2. The lowest BCUT2D eigenvalue weighted by molar-refractivity contribution is 0.239. The van der Waals surface area contributed by atoms with Gasteiger partial charge in [0.25, 0.3) is 0 Å². The van der Waals surface area contributed by atoms with Crippen LogP contribution in [0.2, 0.25) is 0 Å². The van der Waals surface area contributed by atoms with Gasteiger partial charge in [-0.1, -0.05) is 21.9 Å². The minimum Gasteiger partial charge on any atom is -0.370 e. The van der Waals surface area contributed by atoms with Crippen molar-refractivity contribution in [2.75, 3.05) is 19.6 Å². The highest BCUT2D eigenvalue weighted by atomic mass is 31.0. The smallest absolute Gasteiger partial charge is 0.125 e. The van der Waals surface area contributed by atoms with E-state index in [4.69, 9.17) is 0 Å². The van der Waals surface area contributed by atoms with Crippen LogP contribution in [0.5, 0.6) is 0 Å². The Morgan fingerprint density at radius 1 is 1.57 bits per heavy atom. The van der Waals surface area contributed by atoms with Crippen LogP contribution in [0, 0.1) is 11.3 Å². The van der Waals surface area contributed by atoms with Crippen molar-refractivity contribution in [3.8, 4) is 0 Å². The molecule has 1 heterocycles. The Hall–Kier alpha value is -0.730. The molecule has 2 rings (SSSR count). The van der Waals surface area contributed by atoms with Crippen molar-refractivity contribution >= 4 is 15.1 Å². The summed E-state index contributed by atoms with van der Waals surface area (Å²) in [5.41, 5.74) is 0.0962. The van der Waals surface area contributed by atoms with Crippen molar-refractivity contribution < 1.29 is 4.39 Å². The van der Waals surface area contributed by atoms with E-state index < -0.39 is 5.41 Å². The summed E-state index contributed by atoms with van der Waals surface area (Å²) < 4.78 is 13.8. The van der Waals surface area contributed by atoms with Crippen LogP contribution in [-0.2, 0) is 0 Å². The van der Waals surface area contributed by atoms with E-state index in [2.05, 4.69) is 37.5 Å². The first-order valence-electron chi connectivity index (χ1n) is 7.70. The molecule has 0 amide bonds. The van der Waals surface area contributed by atoms with Crippen molar-refractivity contribution in [1.29, 1.82) is 0 Å². The molecule has 5 heteroatoms. The fourth-order valence-corrected chi connectivity index (χ4v) is 3.17. The molecule has 2 N–H and O–H groups in total. The molecule has 1 saturated carbocycles. The molecule has 2 fully saturated rings. The highest BCUT2D eigenvalue weighted by Gasteiger charge is 2.46. The first kappa shape index (κ1) is 16.6. The number of amidine groups is 1. The Morgan fingerprint density at radius 2 is 2.29 bits per heavy atom. The van der Waals surface area contributed by atoms with E-state index >= 15 is 0 Å². The lowest BCUT2D eigenvalue weighted by Gasteiger charge is -2.25. The Labute approximate surface area is 129 Å². The molecule has 3 nitrogen and oxygen atoms in total. The molecule has 2 atom stereocenters. The number of rotatable bonds is 8. The maximum absolute atomic E-state index is 13.8. The van der Waals surface area contributed by atoms with Crippen LogP contribution in [0.25, 0.3) is 0 Å². The first-order chi connectivity index (χ1) is 9.92. The first-order valence-corrected chi connectivity index (χ1v) is 8.28. The summed E-state index contributed by atoms with van der Waals surface area (Å²) in [6, 6.07) is 0. The number of nitrogens with zero attached hydrogens (tertiary/aromatic N) is 1. The van der Waals surface area contributed by atoms with Gasteiger partial charge in [-0.2, -0.15) is 0 Å². The summed E-state index contributed by atoms with van der Waals surface area (Å²) in [4.78, 5) is 4.26. The van der Waals surface area contributed by atoms with Gasteiger partial charge in [0.15, 0.2) is 0 Å². The molecule has 0 radical (unpaired) electrons. The molecule has 0 spiro atoms. The molecule has 2 unspecified atom stereocenters. The summed E-state index contributed by atoms with van der Waals surface area (Å²) in [7, 11) is 2.30. The van der Waals surface area contributed by atoms with Crippen LogP contribution < -0.4 is 10.6 Å². The number of allylic oxidation sites excluding steroid dienone is 1. The van der Waals surface area contributed by atoms with Gasteiger partial charge in [0, 0.05) is 12.7 Å². The Morgan fingerprint density at radius 3 is 2.76 bits per heavy atom. The third kappa shape index (κ3) is 5.88. The maximum atomic E-state index is 13.8. The normalized spacial score (nSPS) is 24.4. The highest BCUT2D eigenvalue weighted by Crippen LogP contribution is 2.52. The summed E-state index contributed by atoms with van der Waals surface area (Å²) in [5.74, 6) is 1.58. The van der Waals surface area contributed by atoms with Crippen molar-refractivity contribution in [3.63, 3.8) is 0 Å². The standard InChI is InChI=1S/C16H27FN3P/c1-3-19-14(6-4-5-13-9-18-10-13)20-12-16(7-8-16)11-15(2,17)21/h3-4,6,13,18H,1,5,7-12,21H2,2H3,(H,19,20)/b6-4-. The molecule has 2 aliphatic rings. The number of alkyl halides is 1. The van der Waals surface area contributed by atoms with Crippen LogP contribution in [-0.4, -0.2) is 30.9 Å². The third-order valence-corrected chi connectivity index (χ3v) is 4.37. The minimum atomic E-state index is -1.18. The van der Waals surface area contributed by atoms with E-state index in [1.807, 2.05) is 6.08 Å². The van der Waals surface area contributed by atoms with Crippen LogP contribution in [0.1, 0.15) is 32.6 Å². The van der Waals surface area contributed by atoms with Crippen molar-refractivity contribution in [2.24, 2.45) is 16.3 Å². The maximum Gasteiger partial charge on any atom is 0.125 e. The van der Waals surface area contributed by atoms with E-state index in [1.54, 1.807) is 13.1 Å². The lowest BCUT2D eigenvalue weighted by Crippen LogP contribution is -2.41. The van der Waals surface area contributed by atoms with Crippen LogP contribution >= 0.6 is 9.24 Å². The molecular formula is C16H27FN3P. The largest absolute Gasteiger partial charge is 0.370 e. The minimum absolute atomic E-state index is 0.0962. The summed E-state index contributed by atoms with van der Waals surface area (Å²) in [6.45, 7) is 8.28. The fourth-order valence-electron chi connectivity index (χ4n) is 2.74. The number of hydrogen-bond acceptors (Lipinski definition) is 2. The molecule has 118 valence electrons. The molecule has 21 heavy (non-hydrogen) atoms. The molecule has 0 aromatic carbocycles. The third-order valence-electron chi connectivity index (χ3n) is 4.16. The molecule has 0 aromatic rings. The molecule has 0 bridgehead atoms. The Bertz CT molecular complexity index is 418. The Balaban J connectivity index is 1.80. The van der Waals surface area contributed by atoms with Crippen LogP contribution in [0.3, 0.4) is 0 Å². The van der Waals surface area contributed by atoms with Gasteiger partial charge in [0.1, 0.15) is 11.2 Å². The second kappa shape index (κ2) is 7.02. The predicted molar refractivity (Wildman–Crippen MR) is 91.3 cm³/mol. The second-order valence-corrected chi connectivity index (χ2v) is 7.87. The van der Waals surface area contributed by atoms with Gasteiger partial charge in [0.2, 0.25) is 0 Å². The average Bonchev–Trinajstić information content (AvgIpc) is 3.07. The molecule has 1 saturated heterocycles. The van der Waals surface area contributed by atoms with Gasteiger partial charge in [-0.3, -0.25) is 0 Å². The quantitative estimate of drug-likeness (QED) is 0.411. The van der Waals surface area contributed by atoms with E-state index in [9.17, 15) is 4.39 Å². The van der Waals surface area contributed by atoms with Gasteiger partial charge in [-0.05, 0) is 63.1 Å². The highest BCUT2D eigenvalue weighted by molar-refractivity contribution is 7.18. The topological polar surface area (TPSA) is 36.4 Å². The van der Waals surface area contributed by atoms with E-state index in [0.29, 0.717) is 6.42 Å². The summed E-state index contributed by atoms with van der Waals surface area (Å²) >= 11 is 0. The molecular weight excluding hydrogens is 284 g/mol. The fraction of sp³-hybridized carbons (Fsp3) is 0.688. The SMILES string of the molecule is C=C/N=C(\C=C/CC1CNC1)NCC1(CC(C)(F)P)CC1. The lowest BCUT2D eigenvalue weighted by atomic mass is 9.98.